The van der Waals surface area contributed by atoms with Crippen LogP contribution in [0.5, 0.6) is 0 Å². The normalized spacial score (nSPS) is 28.2. The minimum absolute atomic E-state index is 0.0243. The summed E-state index contributed by atoms with van der Waals surface area (Å²) in [6.07, 6.45) is 4.74. The van der Waals surface area contributed by atoms with E-state index in [1.165, 1.54) is 0 Å². The van der Waals surface area contributed by atoms with Crippen LogP contribution in [0.15, 0.2) is 0 Å². The van der Waals surface area contributed by atoms with E-state index in [1.807, 2.05) is 4.90 Å². The molecule has 2 amide bonds. The molecule has 2 fully saturated rings. The molecule has 0 aromatic rings. The Morgan fingerprint density at radius 1 is 1.35 bits per heavy atom. The molecule has 1 unspecified atom stereocenters. The third-order valence-electron chi connectivity index (χ3n) is 4.79. The Morgan fingerprint density at radius 3 is 2.55 bits per heavy atom. The van der Waals surface area contributed by atoms with E-state index in [0.29, 0.717) is 5.91 Å². The fraction of sp³-hybridized carbons (Fsp3) is 0.867. The molecule has 114 valence electrons. The van der Waals surface area contributed by atoms with Gasteiger partial charge in [-0.05, 0) is 38.6 Å². The van der Waals surface area contributed by atoms with Crippen LogP contribution in [0.4, 0.5) is 0 Å². The van der Waals surface area contributed by atoms with Gasteiger partial charge in [-0.2, -0.15) is 0 Å². The molecule has 5 nitrogen and oxygen atoms in total. The molecule has 1 atom stereocenters. The van der Waals surface area contributed by atoms with Crippen LogP contribution in [0, 0.1) is 5.41 Å². The lowest BCUT2D eigenvalue weighted by atomic mass is 9.76. The highest BCUT2D eigenvalue weighted by Crippen LogP contribution is 2.33. The zero-order valence-electron chi connectivity index (χ0n) is 12.7. The molecule has 0 aliphatic carbocycles. The van der Waals surface area contributed by atoms with Gasteiger partial charge in [0, 0.05) is 32.6 Å². The number of piperidine rings is 2. The van der Waals surface area contributed by atoms with Crippen LogP contribution in [0.3, 0.4) is 0 Å². The molecule has 0 spiro atoms. The number of carbonyl (C=O) groups is 2. The number of nitrogens with one attached hydrogen (secondary N) is 2. The quantitative estimate of drug-likeness (QED) is 0.808. The number of hydrogen-bond donors (Lipinski definition) is 2. The Kier molecular flexibility index (Phi) is 5.02. The van der Waals surface area contributed by atoms with Crippen molar-refractivity contribution in [2.45, 2.75) is 52.0 Å². The molecule has 0 aromatic heterocycles. The van der Waals surface area contributed by atoms with Gasteiger partial charge in [0.15, 0.2) is 0 Å². The van der Waals surface area contributed by atoms with Crippen molar-refractivity contribution < 1.29 is 9.59 Å². The van der Waals surface area contributed by atoms with E-state index in [0.717, 1.165) is 58.3 Å². The first-order valence-electron chi connectivity index (χ1n) is 7.84. The third kappa shape index (κ3) is 3.32. The summed E-state index contributed by atoms with van der Waals surface area (Å²) in [6.45, 7) is 7.05. The molecule has 2 saturated heterocycles. The van der Waals surface area contributed by atoms with E-state index >= 15 is 0 Å². The maximum absolute atomic E-state index is 12.8. The Balaban J connectivity index is 1.92. The summed E-state index contributed by atoms with van der Waals surface area (Å²) in [5.74, 6) is 0.338. The zero-order valence-corrected chi connectivity index (χ0v) is 12.7. The van der Waals surface area contributed by atoms with Gasteiger partial charge in [0.1, 0.15) is 0 Å². The average molecular weight is 281 g/mol. The van der Waals surface area contributed by atoms with Gasteiger partial charge in [-0.1, -0.05) is 6.92 Å². The van der Waals surface area contributed by atoms with Gasteiger partial charge in [-0.3, -0.25) is 9.59 Å². The van der Waals surface area contributed by atoms with Crippen LogP contribution in [-0.4, -0.2) is 48.9 Å². The summed E-state index contributed by atoms with van der Waals surface area (Å²) in [7, 11) is 0. The number of hydrogen-bond acceptors (Lipinski definition) is 3. The first-order chi connectivity index (χ1) is 9.57. The van der Waals surface area contributed by atoms with Crippen molar-refractivity contribution in [2.75, 3.05) is 26.2 Å². The van der Waals surface area contributed by atoms with E-state index in [1.54, 1.807) is 6.92 Å². The maximum atomic E-state index is 12.8. The van der Waals surface area contributed by atoms with Crippen LogP contribution in [0.2, 0.25) is 0 Å². The minimum atomic E-state index is -0.195. The highest BCUT2D eigenvalue weighted by atomic mass is 16.2. The number of rotatable bonds is 3. The number of nitrogens with zero attached hydrogens (tertiary/aromatic N) is 1. The van der Waals surface area contributed by atoms with Gasteiger partial charge in [0.05, 0.1) is 5.41 Å². The highest BCUT2D eigenvalue weighted by Gasteiger charge is 2.41. The molecule has 5 heteroatoms. The van der Waals surface area contributed by atoms with Gasteiger partial charge in [-0.25, -0.2) is 0 Å². The van der Waals surface area contributed by atoms with Crippen molar-refractivity contribution in [3.63, 3.8) is 0 Å². The van der Waals surface area contributed by atoms with Gasteiger partial charge < -0.3 is 15.5 Å². The largest absolute Gasteiger partial charge is 0.353 e. The van der Waals surface area contributed by atoms with Crippen molar-refractivity contribution in [3.05, 3.63) is 0 Å². The lowest BCUT2D eigenvalue weighted by Crippen LogP contribution is -2.54. The van der Waals surface area contributed by atoms with Crippen molar-refractivity contribution >= 4 is 11.8 Å². The van der Waals surface area contributed by atoms with Crippen molar-refractivity contribution in [1.29, 1.82) is 0 Å². The molecular formula is C15H27N3O2. The summed E-state index contributed by atoms with van der Waals surface area (Å²) >= 11 is 0. The lowest BCUT2D eigenvalue weighted by molar-refractivity contribution is -0.144. The average Bonchev–Trinajstić information content (AvgIpc) is 2.47. The molecule has 0 aromatic carbocycles. The van der Waals surface area contributed by atoms with Gasteiger partial charge in [0.2, 0.25) is 11.8 Å². The van der Waals surface area contributed by atoms with E-state index in [-0.39, 0.29) is 17.4 Å². The summed E-state index contributed by atoms with van der Waals surface area (Å²) in [5, 5.41) is 6.33. The summed E-state index contributed by atoms with van der Waals surface area (Å²) in [4.78, 5) is 25.9. The second-order valence-electron chi connectivity index (χ2n) is 6.18. The molecule has 2 aliphatic rings. The molecular weight excluding hydrogens is 254 g/mol. The number of likely N-dealkylation sites (tertiary alicyclic amines) is 1. The molecule has 2 aliphatic heterocycles. The van der Waals surface area contributed by atoms with E-state index in [2.05, 4.69) is 17.6 Å². The van der Waals surface area contributed by atoms with Crippen molar-refractivity contribution in [2.24, 2.45) is 5.41 Å². The van der Waals surface area contributed by atoms with E-state index < -0.39 is 0 Å². The Morgan fingerprint density at radius 2 is 2.05 bits per heavy atom. The van der Waals surface area contributed by atoms with Crippen molar-refractivity contribution in [1.82, 2.24) is 15.5 Å². The Hall–Kier alpha value is -1.10. The molecule has 0 radical (unpaired) electrons. The lowest BCUT2D eigenvalue weighted by Gasteiger charge is -2.42. The zero-order chi connectivity index (χ0) is 14.6. The summed E-state index contributed by atoms with van der Waals surface area (Å²) < 4.78 is 0. The van der Waals surface area contributed by atoms with Gasteiger partial charge in [-0.15, -0.1) is 0 Å². The standard InChI is InChI=1S/C15H27N3O2/c1-3-15(7-4-8-16-11-15)14(20)18-9-5-13(6-10-18)17-12(2)19/h13,16H,3-11H2,1-2H3,(H,17,19). The van der Waals surface area contributed by atoms with E-state index in [4.69, 9.17) is 0 Å². The molecule has 2 rings (SSSR count). The number of amides is 2. The van der Waals surface area contributed by atoms with Crippen molar-refractivity contribution in [3.8, 4) is 0 Å². The predicted molar refractivity (Wildman–Crippen MR) is 78.2 cm³/mol. The molecule has 0 saturated carbocycles. The fourth-order valence-electron chi connectivity index (χ4n) is 3.45. The smallest absolute Gasteiger partial charge is 0.230 e. The maximum Gasteiger partial charge on any atom is 0.230 e. The topological polar surface area (TPSA) is 61.4 Å². The fourth-order valence-corrected chi connectivity index (χ4v) is 3.45. The summed E-state index contributed by atoms with van der Waals surface area (Å²) in [6, 6.07) is 0.235. The minimum Gasteiger partial charge on any atom is -0.353 e. The second-order valence-corrected chi connectivity index (χ2v) is 6.18. The molecule has 0 bridgehead atoms. The first kappa shape index (κ1) is 15.3. The SMILES string of the molecule is CCC1(C(=O)N2CCC(NC(C)=O)CC2)CCCNC1. The van der Waals surface area contributed by atoms with Crippen LogP contribution in [0.25, 0.3) is 0 Å². The van der Waals surface area contributed by atoms with Gasteiger partial charge >= 0.3 is 0 Å². The monoisotopic (exact) mass is 281 g/mol. The van der Waals surface area contributed by atoms with Crippen LogP contribution in [-0.2, 0) is 9.59 Å². The highest BCUT2D eigenvalue weighted by molar-refractivity contribution is 5.83. The molecule has 20 heavy (non-hydrogen) atoms. The van der Waals surface area contributed by atoms with Crippen LogP contribution < -0.4 is 10.6 Å². The third-order valence-corrected chi connectivity index (χ3v) is 4.79. The predicted octanol–water partition coefficient (Wildman–Crippen LogP) is 0.893. The first-order valence-corrected chi connectivity index (χ1v) is 7.84. The van der Waals surface area contributed by atoms with Crippen LogP contribution in [0.1, 0.15) is 46.0 Å². The van der Waals surface area contributed by atoms with E-state index in [9.17, 15) is 9.59 Å². The van der Waals surface area contributed by atoms with Gasteiger partial charge in [0.25, 0.3) is 0 Å². The second kappa shape index (κ2) is 6.57. The molecule has 2 N–H and O–H groups in total. The Labute approximate surface area is 121 Å². The Bertz CT molecular complexity index is 356. The number of carbonyl (C=O) groups excluding carboxylic acids is 2. The van der Waals surface area contributed by atoms with Crippen LogP contribution >= 0.6 is 0 Å². The molecule has 2 heterocycles. The summed E-state index contributed by atoms with van der Waals surface area (Å²) in [5.41, 5.74) is -0.195.